The highest BCUT2D eigenvalue weighted by atomic mass is 16.6. The first-order valence-corrected chi connectivity index (χ1v) is 11.7. The van der Waals surface area contributed by atoms with E-state index in [1.54, 1.807) is 0 Å². The lowest BCUT2D eigenvalue weighted by Gasteiger charge is -2.34. The number of aromatic nitrogens is 2. The van der Waals surface area contributed by atoms with E-state index in [0.717, 1.165) is 54.9 Å². The average molecular weight is 425 g/mol. The lowest BCUT2D eigenvalue weighted by Crippen LogP contribution is -2.42. The van der Waals surface area contributed by atoms with Crippen LogP contribution in [0.4, 0.5) is 10.6 Å². The predicted octanol–water partition coefficient (Wildman–Crippen LogP) is 5.65. The molecule has 1 aliphatic carbocycles. The summed E-state index contributed by atoms with van der Waals surface area (Å²) in [7, 11) is 0. The Hall–Kier alpha value is -2.37. The summed E-state index contributed by atoms with van der Waals surface area (Å²) >= 11 is 0. The van der Waals surface area contributed by atoms with Crippen molar-refractivity contribution in [3.8, 4) is 0 Å². The van der Waals surface area contributed by atoms with Crippen LogP contribution >= 0.6 is 0 Å². The summed E-state index contributed by atoms with van der Waals surface area (Å²) in [5.74, 6) is 3.08. The van der Waals surface area contributed by atoms with E-state index in [4.69, 9.17) is 14.7 Å². The first-order chi connectivity index (χ1) is 14.7. The number of nitrogens with zero attached hydrogens (tertiary/aromatic N) is 3. The van der Waals surface area contributed by atoms with Gasteiger partial charge in [0.15, 0.2) is 0 Å². The van der Waals surface area contributed by atoms with E-state index in [1.165, 1.54) is 18.4 Å². The molecule has 31 heavy (non-hydrogen) atoms. The van der Waals surface area contributed by atoms with Crippen molar-refractivity contribution in [3.63, 3.8) is 0 Å². The summed E-state index contributed by atoms with van der Waals surface area (Å²) in [6, 6.07) is 6.63. The second-order valence-electron chi connectivity index (χ2n) is 10.4. The third-order valence-corrected chi connectivity index (χ3v) is 6.22. The van der Waals surface area contributed by atoms with Crippen LogP contribution in [-0.2, 0) is 4.74 Å². The van der Waals surface area contributed by atoms with Crippen LogP contribution in [-0.4, -0.2) is 45.7 Å². The fourth-order valence-electron chi connectivity index (χ4n) is 4.42. The summed E-state index contributed by atoms with van der Waals surface area (Å²) in [4.78, 5) is 23.9. The molecular weight excluding hydrogens is 388 g/mol. The predicted molar refractivity (Wildman–Crippen MR) is 124 cm³/mol. The van der Waals surface area contributed by atoms with Crippen molar-refractivity contribution in [3.05, 3.63) is 29.6 Å². The number of hydrogen-bond donors (Lipinski definition) is 1. The van der Waals surface area contributed by atoms with E-state index in [1.807, 2.05) is 25.7 Å². The van der Waals surface area contributed by atoms with Crippen molar-refractivity contribution in [1.29, 1.82) is 0 Å². The Labute approximate surface area is 185 Å². The molecule has 6 heteroatoms. The molecule has 2 aromatic rings. The van der Waals surface area contributed by atoms with Crippen LogP contribution in [0.25, 0.3) is 10.9 Å². The van der Waals surface area contributed by atoms with E-state index in [0.29, 0.717) is 17.9 Å². The molecule has 1 aliphatic heterocycles. The zero-order valence-corrected chi connectivity index (χ0v) is 19.6. The van der Waals surface area contributed by atoms with E-state index in [9.17, 15) is 4.79 Å². The molecule has 6 nitrogen and oxygen atoms in total. The van der Waals surface area contributed by atoms with Gasteiger partial charge in [-0.1, -0.05) is 12.1 Å². The largest absolute Gasteiger partial charge is 0.444 e. The molecule has 2 fully saturated rings. The topological polar surface area (TPSA) is 67.4 Å². The average Bonchev–Trinajstić information content (AvgIpc) is 3.53. The monoisotopic (exact) mass is 424 g/mol. The van der Waals surface area contributed by atoms with E-state index in [-0.39, 0.29) is 6.09 Å². The number of likely N-dealkylation sites (tertiary alicyclic amines) is 1. The number of ether oxygens (including phenoxy) is 1. The standard InChI is InChI=1S/C25H36N4O2/c1-16-7-6-8-20-21(16)27-22(19-9-10-19)28-23(20)26-17(2)15-18-11-13-29(14-12-18)24(30)31-25(3,4)5/h6-8,17-19H,9-15H2,1-5H3,(H,26,27,28)/t17-/m0/s1. The molecule has 2 heterocycles. The number of rotatable bonds is 5. The molecule has 2 aliphatic rings. The van der Waals surface area contributed by atoms with Gasteiger partial charge in [-0.25, -0.2) is 14.8 Å². The van der Waals surface area contributed by atoms with Crippen LogP contribution in [0.15, 0.2) is 18.2 Å². The van der Waals surface area contributed by atoms with Gasteiger partial charge in [0, 0.05) is 30.4 Å². The normalized spacial score (nSPS) is 18.8. The highest BCUT2D eigenvalue weighted by molar-refractivity contribution is 5.91. The maximum Gasteiger partial charge on any atom is 0.410 e. The molecule has 0 radical (unpaired) electrons. The van der Waals surface area contributed by atoms with Gasteiger partial charge in [0.2, 0.25) is 0 Å². The van der Waals surface area contributed by atoms with Crippen LogP contribution in [0.3, 0.4) is 0 Å². The zero-order chi connectivity index (χ0) is 22.2. The molecule has 4 rings (SSSR count). The Morgan fingerprint density at radius 2 is 1.90 bits per heavy atom. The third-order valence-electron chi connectivity index (χ3n) is 6.22. The Balaban J connectivity index is 1.38. The first-order valence-electron chi connectivity index (χ1n) is 11.7. The Morgan fingerprint density at radius 1 is 1.19 bits per heavy atom. The number of hydrogen-bond acceptors (Lipinski definition) is 5. The minimum atomic E-state index is -0.440. The summed E-state index contributed by atoms with van der Waals surface area (Å²) in [6.07, 6.45) is 5.31. The number of para-hydroxylation sites is 1. The SMILES string of the molecule is Cc1cccc2c(N[C@@H](C)CC3CCN(C(=O)OC(C)(C)C)CC3)nc(C3CC3)nc12. The fourth-order valence-corrected chi connectivity index (χ4v) is 4.42. The van der Waals surface area contributed by atoms with E-state index in [2.05, 4.69) is 37.4 Å². The molecule has 1 saturated carbocycles. The molecule has 1 aromatic carbocycles. The second-order valence-corrected chi connectivity index (χ2v) is 10.4. The Kier molecular flexibility index (Phi) is 6.09. The molecule has 1 saturated heterocycles. The first kappa shape index (κ1) is 21.8. The van der Waals surface area contributed by atoms with Gasteiger partial charge in [-0.2, -0.15) is 0 Å². The Bertz CT molecular complexity index is 940. The molecule has 0 bridgehead atoms. The molecule has 1 atom stereocenters. The van der Waals surface area contributed by atoms with Gasteiger partial charge in [0.25, 0.3) is 0 Å². The highest BCUT2D eigenvalue weighted by Gasteiger charge is 2.29. The lowest BCUT2D eigenvalue weighted by atomic mass is 9.91. The Morgan fingerprint density at radius 3 is 2.55 bits per heavy atom. The number of fused-ring (bicyclic) bond motifs is 1. The number of amides is 1. The van der Waals surface area contributed by atoms with Crippen LogP contribution in [0, 0.1) is 12.8 Å². The molecule has 1 amide bonds. The second kappa shape index (κ2) is 8.64. The fraction of sp³-hybridized carbons (Fsp3) is 0.640. The van der Waals surface area contributed by atoms with Crippen LogP contribution in [0.2, 0.25) is 0 Å². The summed E-state index contributed by atoms with van der Waals surface area (Å²) < 4.78 is 5.52. The number of carbonyl (C=O) groups excluding carboxylic acids is 1. The van der Waals surface area contributed by atoms with Crippen LogP contribution in [0.1, 0.15) is 77.1 Å². The third kappa shape index (κ3) is 5.46. The van der Waals surface area contributed by atoms with Crippen molar-refractivity contribution in [2.75, 3.05) is 18.4 Å². The highest BCUT2D eigenvalue weighted by Crippen LogP contribution is 2.40. The van der Waals surface area contributed by atoms with Crippen LogP contribution < -0.4 is 5.32 Å². The van der Waals surface area contributed by atoms with E-state index < -0.39 is 5.60 Å². The summed E-state index contributed by atoms with van der Waals surface area (Å²) in [5.41, 5.74) is 1.83. The van der Waals surface area contributed by atoms with Gasteiger partial charge in [-0.3, -0.25) is 0 Å². The molecule has 0 unspecified atom stereocenters. The minimum absolute atomic E-state index is 0.187. The van der Waals surface area contributed by atoms with Crippen molar-refractivity contribution < 1.29 is 9.53 Å². The smallest absolute Gasteiger partial charge is 0.410 e. The van der Waals surface area contributed by atoms with Gasteiger partial charge < -0.3 is 15.0 Å². The van der Waals surface area contributed by atoms with Crippen molar-refractivity contribution in [2.45, 2.75) is 84.3 Å². The molecule has 0 spiro atoms. The van der Waals surface area contributed by atoms with Gasteiger partial charge in [0.1, 0.15) is 17.2 Å². The summed E-state index contributed by atoms with van der Waals surface area (Å²) in [5, 5.41) is 4.80. The zero-order valence-electron chi connectivity index (χ0n) is 19.6. The van der Waals surface area contributed by atoms with Gasteiger partial charge in [-0.05, 0) is 84.3 Å². The number of carbonyl (C=O) groups is 1. The van der Waals surface area contributed by atoms with Crippen molar-refractivity contribution in [1.82, 2.24) is 14.9 Å². The number of piperidine rings is 1. The number of anilines is 1. The lowest BCUT2D eigenvalue weighted by molar-refractivity contribution is 0.0180. The van der Waals surface area contributed by atoms with Crippen LogP contribution in [0.5, 0.6) is 0 Å². The van der Waals surface area contributed by atoms with Crippen molar-refractivity contribution >= 4 is 22.8 Å². The number of aryl methyl sites for hydroxylation is 1. The molecular formula is C25H36N4O2. The molecule has 1 aromatic heterocycles. The summed E-state index contributed by atoms with van der Waals surface area (Å²) in [6.45, 7) is 11.6. The minimum Gasteiger partial charge on any atom is -0.444 e. The maximum absolute atomic E-state index is 12.3. The van der Waals surface area contributed by atoms with E-state index >= 15 is 0 Å². The van der Waals surface area contributed by atoms with Gasteiger partial charge in [-0.15, -0.1) is 0 Å². The van der Waals surface area contributed by atoms with Gasteiger partial charge in [0.05, 0.1) is 5.52 Å². The number of benzene rings is 1. The molecule has 1 N–H and O–H groups in total. The molecule has 168 valence electrons. The van der Waals surface area contributed by atoms with Gasteiger partial charge >= 0.3 is 6.09 Å². The van der Waals surface area contributed by atoms with Crippen molar-refractivity contribution in [2.24, 2.45) is 5.92 Å². The quantitative estimate of drug-likeness (QED) is 0.671. The number of nitrogens with one attached hydrogen (secondary N) is 1. The maximum atomic E-state index is 12.3.